The van der Waals surface area contributed by atoms with Crippen LogP contribution in [0.15, 0.2) is 40.9 Å². The monoisotopic (exact) mass is 319 g/mol. The first kappa shape index (κ1) is 13.9. The fourth-order valence-corrected chi connectivity index (χ4v) is 2.36. The van der Waals surface area contributed by atoms with Crippen LogP contribution in [-0.2, 0) is 0 Å². The van der Waals surface area contributed by atoms with Crippen LogP contribution in [0, 0.1) is 6.92 Å². The molecule has 0 aliphatic carbocycles. The Balaban J connectivity index is 2.06. The molecule has 0 spiro atoms. The zero-order valence-corrected chi connectivity index (χ0v) is 12.6. The van der Waals surface area contributed by atoms with Gasteiger partial charge in [0.1, 0.15) is 0 Å². The van der Waals surface area contributed by atoms with E-state index in [2.05, 4.69) is 10.1 Å². The van der Waals surface area contributed by atoms with Gasteiger partial charge in [0, 0.05) is 11.3 Å². The molecule has 6 heteroatoms. The molecule has 106 valence electrons. The Morgan fingerprint density at radius 2 is 1.90 bits per heavy atom. The predicted molar refractivity (Wildman–Crippen MR) is 84.3 cm³/mol. The molecule has 0 aliphatic rings. The van der Waals surface area contributed by atoms with Gasteiger partial charge in [0.05, 0.1) is 15.6 Å². The summed E-state index contributed by atoms with van der Waals surface area (Å²) in [5, 5.41) is 4.89. The lowest BCUT2D eigenvalue weighted by molar-refractivity contribution is 0.432. The highest BCUT2D eigenvalue weighted by Crippen LogP contribution is 2.31. The number of hydrogen-bond donors (Lipinski definition) is 1. The molecule has 21 heavy (non-hydrogen) atoms. The van der Waals surface area contributed by atoms with E-state index >= 15 is 0 Å². The number of nitrogens with zero attached hydrogens (tertiary/aromatic N) is 2. The normalized spacial score (nSPS) is 10.8. The Morgan fingerprint density at radius 1 is 1.10 bits per heavy atom. The topological polar surface area (TPSA) is 64.9 Å². The molecule has 3 rings (SSSR count). The predicted octanol–water partition coefficient (Wildman–Crippen LogP) is 4.60. The minimum Gasteiger partial charge on any atom is -0.398 e. The lowest BCUT2D eigenvalue weighted by Crippen LogP contribution is -1.92. The van der Waals surface area contributed by atoms with Crippen molar-refractivity contribution in [3.8, 4) is 22.8 Å². The van der Waals surface area contributed by atoms with Crippen LogP contribution in [0.1, 0.15) is 5.56 Å². The molecule has 0 radical (unpaired) electrons. The third-order valence-electron chi connectivity index (χ3n) is 3.12. The lowest BCUT2D eigenvalue weighted by Gasteiger charge is -2.03. The van der Waals surface area contributed by atoms with Crippen molar-refractivity contribution >= 4 is 28.9 Å². The molecular weight excluding hydrogens is 309 g/mol. The third kappa shape index (κ3) is 2.60. The van der Waals surface area contributed by atoms with E-state index in [9.17, 15) is 0 Å². The molecule has 1 aromatic heterocycles. The second kappa shape index (κ2) is 5.39. The third-order valence-corrected chi connectivity index (χ3v) is 3.86. The van der Waals surface area contributed by atoms with Crippen LogP contribution in [0.25, 0.3) is 22.8 Å². The Labute approximate surface area is 131 Å². The van der Waals surface area contributed by atoms with Gasteiger partial charge in [-0.2, -0.15) is 4.98 Å². The van der Waals surface area contributed by atoms with Crippen molar-refractivity contribution in [2.24, 2.45) is 0 Å². The number of hydrogen-bond acceptors (Lipinski definition) is 4. The van der Waals surface area contributed by atoms with Crippen molar-refractivity contribution in [2.45, 2.75) is 6.92 Å². The number of aromatic nitrogens is 2. The molecule has 2 N–H and O–H groups in total. The smallest absolute Gasteiger partial charge is 0.260 e. The summed E-state index contributed by atoms with van der Waals surface area (Å²) in [5.74, 6) is 0.817. The Morgan fingerprint density at radius 3 is 2.62 bits per heavy atom. The molecule has 0 saturated heterocycles. The molecule has 2 aromatic carbocycles. The zero-order chi connectivity index (χ0) is 15.0. The maximum absolute atomic E-state index is 6.00. The summed E-state index contributed by atoms with van der Waals surface area (Å²) in [5.41, 5.74) is 9.02. The molecule has 0 unspecified atom stereocenters. The Hall–Kier alpha value is -2.04. The van der Waals surface area contributed by atoms with Crippen LogP contribution in [0.3, 0.4) is 0 Å². The number of nitrogens with two attached hydrogens (primary N) is 1. The molecule has 0 saturated carbocycles. The summed E-state index contributed by atoms with van der Waals surface area (Å²) in [7, 11) is 0. The van der Waals surface area contributed by atoms with Crippen LogP contribution in [-0.4, -0.2) is 10.1 Å². The fourth-order valence-electron chi connectivity index (χ4n) is 2.06. The van der Waals surface area contributed by atoms with Gasteiger partial charge in [-0.3, -0.25) is 0 Å². The molecule has 1 heterocycles. The van der Waals surface area contributed by atoms with E-state index in [0.717, 1.165) is 16.7 Å². The van der Waals surface area contributed by atoms with Crippen LogP contribution < -0.4 is 5.73 Å². The maximum atomic E-state index is 6.00. The number of benzene rings is 2. The Bertz CT molecular complexity index is 794. The van der Waals surface area contributed by atoms with Crippen LogP contribution in [0.2, 0.25) is 10.0 Å². The van der Waals surface area contributed by atoms with Crippen molar-refractivity contribution in [1.29, 1.82) is 0 Å². The highest BCUT2D eigenvalue weighted by molar-refractivity contribution is 6.42. The van der Waals surface area contributed by atoms with Crippen molar-refractivity contribution in [1.82, 2.24) is 10.1 Å². The van der Waals surface area contributed by atoms with Gasteiger partial charge in [-0.05, 0) is 36.8 Å². The maximum Gasteiger partial charge on any atom is 0.260 e. The van der Waals surface area contributed by atoms with Gasteiger partial charge in [-0.15, -0.1) is 0 Å². The second-order valence-corrected chi connectivity index (χ2v) is 5.41. The quantitative estimate of drug-likeness (QED) is 0.701. The average molecular weight is 320 g/mol. The molecule has 0 aliphatic heterocycles. The molecule has 3 aromatic rings. The van der Waals surface area contributed by atoms with Crippen molar-refractivity contribution in [2.75, 3.05) is 5.73 Å². The minimum absolute atomic E-state index is 0.381. The Kier molecular flexibility index (Phi) is 3.57. The van der Waals surface area contributed by atoms with E-state index in [1.165, 1.54) is 0 Å². The first-order chi connectivity index (χ1) is 10.1. The van der Waals surface area contributed by atoms with Gasteiger partial charge < -0.3 is 10.3 Å². The van der Waals surface area contributed by atoms with Gasteiger partial charge in [0.15, 0.2) is 0 Å². The number of anilines is 1. The highest BCUT2D eigenvalue weighted by Gasteiger charge is 2.15. The second-order valence-electron chi connectivity index (χ2n) is 4.59. The van der Waals surface area contributed by atoms with E-state index in [-0.39, 0.29) is 0 Å². The lowest BCUT2D eigenvalue weighted by atomic mass is 10.1. The zero-order valence-electron chi connectivity index (χ0n) is 11.1. The van der Waals surface area contributed by atoms with E-state index in [1.807, 2.05) is 19.1 Å². The largest absolute Gasteiger partial charge is 0.398 e. The fraction of sp³-hybridized carbons (Fsp3) is 0.0667. The van der Waals surface area contributed by atoms with Gasteiger partial charge in [-0.1, -0.05) is 40.5 Å². The van der Waals surface area contributed by atoms with Crippen molar-refractivity contribution in [3.63, 3.8) is 0 Å². The highest BCUT2D eigenvalue weighted by atomic mass is 35.5. The number of halogens is 2. The van der Waals surface area contributed by atoms with Gasteiger partial charge in [0.25, 0.3) is 5.89 Å². The summed E-state index contributed by atoms with van der Waals surface area (Å²) in [6.07, 6.45) is 0. The number of aryl methyl sites for hydroxylation is 1. The number of nitrogen functional groups attached to an aromatic ring is 1. The summed E-state index contributed by atoms with van der Waals surface area (Å²) in [6, 6.07) is 10.8. The van der Waals surface area contributed by atoms with Crippen molar-refractivity contribution < 1.29 is 4.52 Å². The van der Waals surface area contributed by atoms with E-state index in [1.54, 1.807) is 24.3 Å². The minimum atomic E-state index is 0.381. The van der Waals surface area contributed by atoms with E-state index in [0.29, 0.717) is 27.4 Å². The summed E-state index contributed by atoms with van der Waals surface area (Å²) in [6.45, 7) is 1.94. The molecule has 4 nitrogen and oxygen atoms in total. The average Bonchev–Trinajstić information content (AvgIpc) is 2.91. The number of rotatable bonds is 2. The van der Waals surface area contributed by atoms with E-state index < -0.39 is 0 Å². The molecule has 0 amide bonds. The van der Waals surface area contributed by atoms with Gasteiger partial charge >= 0.3 is 0 Å². The first-order valence-electron chi connectivity index (χ1n) is 6.21. The summed E-state index contributed by atoms with van der Waals surface area (Å²) < 4.78 is 5.32. The molecule has 0 fully saturated rings. The van der Waals surface area contributed by atoms with Crippen molar-refractivity contribution in [3.05, 3.63) is 52.0 Å². The van der Waals surface area contributed by atoms with Gasteiger partial charge in [0.2, 0.25) is 5.82 Å². The summed E-state index contributed by atoms with van der Waals surface area (Å²) in [4.78, 5) is 4.38. The molecule has 0 atom stereocenters. The van der Waals surface area contributed by atoms with Crippen LogP contribution >= 0.6 is 23.2 Å². The standard InChI is InChI=1S/C15H11Cl2N3O/c1-8-3-2-4-12(18)13(8)15-19-14(20-21-15)9-5-6-10(16)11(17)7-9/h2-7H,18H2,1H3. The van der Waals surface area contributed by atoms with Crippen LogP contribution in [0.5, 0.6) is 0 Å². The summed E-state index contributed by atoms with van der Waals surface area (Å²) >= 11 is 11.9. The van der Waals surface area contributed by atoms with E-state index in [4.69, 9.17) is 33.5 Å². The molecular formula is C15H11Cl2N3O. The molecule has 0 bridgehead atoms. The van der Waals surface area contributed by atoms with Crippen LogP contribution in [0.4, 0.5) is 5.69 Å². The SMILES string of the molecule is Cc1cccc(N)c1-c1nc(-c2ccc(Cl)c(Cl)c2)no1. The van der Waals surface area contributed by atoms with Gasteiger partial charge in [-0.25, -0.2) is 0 Å². The first-order valence-corrected chi connectivity index (χ1v) is 6.96.